The highest BCUT2D eigenvalue weighted by Gasteiger charge is 2.15. The number of carbonyl (C=O) groups excluding carboxylic acids is 1. The van der Waals surface area contributed by atoms with Crippen LogP contribution in [0.4, 0.5) is 5.69 Å². The number of aromatic nitrogens is 1. The summed E-state index contributed by atoms with van der Waals surface area (Å²) in [5.41, 5.74) is 1.71. The molecular formula is C19H14N2O4S. The van der Waals surface area contributed by atoms with E-state index in [9.17, 15) is 20.0 Å². The van der Waals surface area contributed by atoms with Crippen LogP contribution in [-0.4, -0.2) is 20.8 Å². The molecular weight excluding hydrogens is 352 g/mol. The lowest BCUT2D eigenvalue weighted by molar-refractivity contribution is -0.385. The van der Waals surface area contributed by atoms with Gasteiger partial charge < -0.3 is 5.11 Å². The monoisotopic (exact) mass is 366 g/mol. The van der Waals surface area contributed by atoms with E-state index in [0.717, 1.165) is 5.56 Å². The highest BCUT2D eigenvalue weighted by molar-refractivity contribution is 7.17. The maximum absolute atomic E-state index is 12.5. The van der Waals surface area contributed by atoms with Gasteiger partial charge in [0.05, 0.1) is 21.1 Å². The zero-order valence-corrected chi connectivity index (χ0v) is 14.6. The number of hydrogen-bond acceptors (Lipinski definition) is 6. The van der Waals surface area contributed by atoms with Crippen molar-refractivity contribution in [1.29, 1.82) is 0 Å². The van der Waals surface area contributed by atoms with Crippen LogP contribution in [0.15, 0.2) is 54.6 Å². The van der Waals surface area contributed by atoms with Crippen molar-refractivity contribution in [2.45, 2.75) is 6.92 Å². The van der Waals surface area contributed by atoms with Gasteiger partial charge in [-0.25, -0.2) is 4.98 Å². The highest BCUT2D eigenvalue weighted by Crippen LogP contribution is 2.29. The number of para-hydroxylation sites is 1. The van der Waals surface area contributed by atoms with Gasteiger partial charge in [-0.3, -0.25) is 14.9 Å². The van der Waals surface area contributed by atoms with Gasteiger partial charge in [-0.15, -0.1) is 11.3 Å². The Morgan fingerprint density at radius 2 is 1.88 bits per heavy atom. The predicted octanol–water partition coefficient (Wildman–Crippen LogP) is 4.63. The Morgan fingerprint density at radius 3 is 2.58 bits per heavy atom. The second-order valence-corrected chi connectivity index (χ2v) is 6.49. The van der Waals surface area contributed by atoms with Gasteiger partial charge in [0.15, 0.2) is 5.78 Å². The van der Waals surface area contributed by atoms with E-state index in [1.165, 1.54) is 29.6 Å². The number of nitrogens with zero attached hydrogens (tertiary/aromatic N) is 2. The minimum Gasteiger partial charge on any atom is -0.508 e. The molecule has 6 nitrogen and oxygen atoms in total. The predicted molar refractivity (Wildman–Crippen MR) is 100 cm³/mol. The molecule has 0 radical (unpaired) electrons. The summed E-state index contributed by atoms with van der Waals surface area (Å²) < 4.78 is 0. The Hall–Kier alpha value is -3.32. The van der Waals surface area contributed by atoms with E-state index in [2.05, 4.69) is 4.98 Å². The number of nitro benzene ring substituents is 1. The van der Waals surface area contributed by atoms with Crippen LogP contribution in [0.25, 0.3) is 16.6 Å². The molecule has 0 saturated heterocycles. The maximum Gasteiger partial charge on any atom is 0.276 e. The molecule has 3 rings (SSSR count). The molecule has 0 aliphatic heterocycles. The largest absolute Gasteiger partial charge is 0.508 e. The van der Waals surface area contributed by atoms with Gasteiger partial charge in [-0.05, 0) is 49.4 Å². The Balaban J connectivity index is 1.87. The first-order valence-electron chi connectivity index (χ1n) is 7.68. The number of hydrogen-bond donors (Lipinski definition) is 1. The van der Waals surface area contributed by atoms with E-state index in [4.69, 9.17) is 0 Å². The van der Waals surface area contributed by atoms with Crippen LogP contribution in [0.3, 0.4) is 0 Å². The first kappa shape index (κ1) is 17.5. The summed E-state index contributed by atoms with van der Waals surface area (Å²) in [5, 5.41) is 21.1. The summed E-state index contributed by atoms with van der Waals surface area (Å²) in [7, 11) is 0. The lowest BCUT2D eigenvalue weighted by Gasteiger charge is -1.96. The Bertz CT molecular complexity index is 1010. The van der Waals surface area contributed by atoms with Gasteiger partial charge in [0, 0.05) is 11.6 Å². The average molecular weight is 366 g/mol. The van der Waals surface area contributed by atoms with Gasteiger partial charge in [0.25, 0.3) is 5.69 Å². The van der Waals surface area contributed by atoms with E-state index in [-0.39, 0.29) is 17.2 Å². The molecule has 1 heterocycles. The molecule has 0 atom stereocenters. The fourth-order valence-corrected chi connectivity index (χ4v) is 3.38. The summed E-state index contributed by atoms with van der Waals surface area (Å²) in [4.78, 5) is 27.9. The fourth-order valence-electron chi connectivity index (χ4n) is 2.39. The quantitative estimate of drug-likeness (QED) is 0.307. The van der Waals surface area contributed by atoms with Gasteiger partial charge >= 0.3 is 0 Å². The third-order valence-electron chi connectivity index (χ3n) is 3.68. The van der Waals surface area contributed by atoms with Crippen molar-refractivity contribution >= 4 is 28.9 Å². The zero-order valence-electron chi connectivity index (χ0n) is 13.7. The summed E-state index contributed by atoms with van der Waals surface area (Å²) in [6.07, 6.45) is 2.77. The molecule has 1 aromatic heterocycles. The number of phenolic OH excluding ortho intramolecular Hbond substituents is 1. The normalized spacial score (nSPS) is 11.0. The number of aromatic hydroxyl groups is 1. The molecule has 130 valence electrons. The van der Waals surface area contributed by atoms with Gasteiger partial charge in [0.2, 0.25) is 0 Å². The third-order valence-corrected chi connectivity index (χ3v) is 4.90. The maximum atomic E-state index is 12.5. The van der Waals surface area contributed by atoms with Crippen molar-refractivity contribution in [3.8, 4) is 16.3 Å². The zero-order chi connectivity index (χ0) is 18.7. The second-order valence-electron chi connectivity index (χ2n) is 5.49. The lowest BCUT2D eigenvalue weighted by atomic mass is 10.1. The summed E-state index contributed by atoms with van der Waals surface area (Å²) in [6.45, 7) is 1.74. The third kappa shape index (κ3) is 3.68. The molecule has 0 aliphatic carbocycles. The molecule has 7 heteroatoms. The van der Waals surface area contributed by atoms with Crippen molar-refractivity contribution in [2.24, 2.45) is 0 Å². The van der Waals surface area contributed by atoms with E-state index in [1.54, 1.807) is 49.4 Å². The molecule has 0 saturated carbocycles. The smallest absolute Gasteiger partial charge is 0.276 e. The van der Waals surface area contributed by atoms with Crippen LogP contribution in [0.2, 0.25) is 0 Å². The fraction of sp³-hybridized carbons (Fsp3) is 0.0526. The Kier molecular flexibility index (Phi) is 4.90. The number of thiazole rings is 1. The average Bonchev–Trinajstić information content (AvgIpc) is 3.02. The first-order chi connectivity index (χ1) is 12.5. The molecule has 1 N–H and O–H groups in total. The highest BCUT2D eigenvalue weighted by atomic mass is 32.1. The number of carbonyl (C=O) groups is 1. The minimum atomic E-state index is -0.481. The molecule has 0 amide bonds. The molecule has 0 bridgehead atoms. The number of phenols is 1. The van der Waals surface area contributed by atoms with Crippen LogP contribution < -0.4 is 0 Å². The topological polar surface area (TPSA) is 93.3 Å². The van der Waals surface area contributed by atoms with Crippen molar-refractivity contribution in [3.05, 3.63) is 80.9 Å². The van der Waals surface area contributed by atoms with E-state index >= 15 is 0 Å². The lowest BCUT2D eigenvalue weighted by Crippen LogP contribution is -1.94. The van der Waals surface area contributed by atoms with Crippen LogP contribution in [0, 0.1) is 17.0 Å². The van der Waals surface area contributed by atoms with Gasteiger partial charge in [0.1, 0.15) is 10.8 Å². The SMILES string of the molecule is Cc1nc(-c2ccc(O)cc2)sc1C(=O)/C=C/c1ccccc1[N+](=O)[O-]. The molecule has 0 aliphatic rings. The van der Waals surface area contributed by atoms with Crippen molar-refractivity contribution in [1.82, 2.24) is 4.98 Å². The molecule has 0 unspecified atom stereocenters. The number of aryl methyl sites for hydroxylation is 1. The van der Waals surface area contributed by atoms with Crippen molar-refractivity contribution in [2.75, 3.05) is 0 Å². The molecule has 2 aromatic carbocycles. The first-order valence-corrected chi connectivity index (χ1v) is 8.50. The number of benzene rings is 2. The summed E-state index contributed by atoms with van der Waals surface area (Å²) in [6, 6.07) is 12.8. The Labute approximate surface area is 153 Å². The summed E-state index contributed by atoms with van der Waals surface area (Å²) in [5.74, 6) is -0.103. The number of nitro groups is 1. The molecule has 26 heavy (non-hydrogen) atoms. The van der Waals surface area contributed by atoms with Gasteiger partial charge in [-0.2, -0.15) is 0 Å². The minimum absolute atomic E-state index is 0.0534. The Morgan fingerprint density at radius 1 is 1.19 bits per heavy atom. The molecule has 0 spiro atoms. The van der Waals surface area contributed by atoms with E-state index in [0.29, 0.717) is 21.1 Å². The van der Waals surface area contributed by atoms with Crippen LogP contribution in [0.1, 0.15) is 20.9 Å². The van der Waals surface area contributed by atoms with Gasteiger partial charge in [-0.1, -0.05) is 12.1 Å². The number of ketones is 1. The van der Waals surface area contributed by atoms with Crippen molar-refractivity contribution in [3.63, 3.8) is 0 Å². The number of allylic oxidation sites excluding steroid dienone is 1. The molecule has 0 fully saturated rings. The van der Waals surface area contributed by atoms with E-state index in [1.807, 2.05) is 0 Å². The second kappa shape index (κ2) is 7.28. The van der Waals surface area contributed by atoms with Crippen molar-refractivity contribution < 1.29 is 14.8 Å². The van der Waals surface area contributed by atoms with Crippen LogP contribution >= 0.6 is 11.3 Å². The summed E-state index contributed by atoms with van der Waals surface area (Å²) >= 11 is 1.24. The van der Waals surface area contributed by atoms with E-state index < -0.39 is 4.92 Å². The number of rotatable bonds is 5. The standard InChI is InChI=1S/C19H14N2O4S/c1-12-18(26-19(20-12)14-6-9-15(22)10-7-14)17(23)11-8-13-4-2-3-5-16(13)21(24)25/h2-11,22H,1H3/b11-8+. The van der Waals surface area contributed by atoms with Crippen LogP contribution in [-0.2, 0) is 0 Å². The van der Waals surface area contributed by atoms with Crippen LogP contribution in [0.5, 0.6) is 5.75 Å². The molecule has 3 aromatic rings.